The zero-order valence-corrected chi connectivity index (χ0v) is 11.9. The van der Waals surface area contributed by atoms with Gasteiger partial charge in [0.1, 0.15) is 5.82 Å². The Bertz CT molecular complexity index is 880. The second-order valence-corrected chi connectivity index (χ2v) is 6.74. The first-order valence-electron chi connectivity index (χ1n) is 6.06. The largest absolute Gasteiger partial charge is 0.338 e. The standard InChI is InChI=1S/C14H13N3O2S/c1-9-3-4-10(8-15-9)14-16-12-6-5-11(20(2,18)19)7-13(12)17-14/h3-8H,1-2H3,(H,16,17). The van der Waals surface area contributed by atoms with Crippen LogP contribution in [0.4, 0.5) is 0 Å². The van der Waals surface area contributed by atoms with E-state index in [9.17, 15) is 8.42 Å². The monoisotopic (exact) mass is 287 g/mol. The van der Waals surface area contributed by atoms with Gasteiger partial charge in [0.2, 0.25) is 0 Å². The molecule has 6 heteroatoms. The van der Waals surface area contributed by atoms with Crippen molar-refractivity contribution in [1.82, 2.24) is 15.0 Å². The van der Waals surface area contributed by atoms with E-state index in [4.69, 9.17) is 0 Å². The van der Waals surface area contributed by atoms with Gasteiger partial charge in [-0.3, -0.25) is 4.98 Å². The molecule has 2 heterocycles. The number of aromatic nitrogens is 3. The van der Waals surface area contributed by atoms with Crippen molar-refractivity contribution < 1.29 is 8.42 Å². The molecule has 0 aliphatic rings. The Morgan fingerprint density at radius 2 is 1.95 bits per heavy atom. The molecular formula is C14H13N3O2S. The highest BCUT2D eigenvalue weighted by molar-refractivity contribution is 7.90. The lowest BCUT2D eigenvalue weighted by Gasteiger charge is -1.96. The van der Waals surface area contributed by atoms with Crippen LogP contribution in [0.5, 0.6) is 0 Å². The maximum atomic E-state index is 11.5. The molecule has 0 fully saturated rings. The van der Waals surface area contributed by atoms with E-state index in [1.54, 1.807) is 24.4 Å². The normalized spacial score (nSPS) is 11.9. The molecule has 0 unspecified atom stereocenters. The summed E-state index contributed by atoms with van der Waals surface area (Å²) in [4.78, 5) is 12.1. The summed E-state index contributed by atoms with van der Waals surface area (Å²) in [5.74, 6) is 0.679. The van der Waals surface area contributed by atoms with E-state index < -0.39 is 9.84 Å². The zero-order chi connectivity index (χ0) is 14.3. The summed E-state index contributed by atoms with van der Waals surface area (Å²) >= 11 is 0. The maximum absolute atomic E-state index is 11.5. The topological polar surface area (TPSA) is 75.7 Å². The number of fused-ring (bicyclic) bond motifs is 1. The molecule has 0 saturated carbocycles. The Hall–Kier alpha value is -2.21. The number of aryl methyl sites for hydroxylation is 1. The molecule has 3 aromatic rings. The van der Waals surface area contributed by atoms with Crippen LogP contribution in [0.2, 0.25) is 0 Å². The van der Waals surface area contributed by atoms with Gasteiger partial charge < -0.3 is 4.98 Å². The van der Waals surface area contributed by atoms with Gasteiger partial charge in [-0.15, -0.1) is 0 Å². The van der Waals surface area contributed by atoms with E-state index in [1.165, 1.54) is 6.26 Å². The number of benzene rings is 1. The SMILES string of the molecule is Cc1ccc(-c2nc3ccc(S(C)(=O)=O)cc3[nH]2)cn1. The lowest BCUT2D eigenvalue weighted by atomic mass is 10.2. The Morgan fingerprint density at radius 1 is 1.15 bits per heavy atom. The molecule has 0 radical (unpaired) electrons. The van der Waals surface area contributed by atoms with Gasteiger partial charge in [-0.25, -0.2) is 13.4 Å². The Morgan fingerprint density at radius 3 is 2.60 bits per heavy atom. The highest BCUT2D eigenvalue weighted by Gasteiger charge is 2.11. The second-order valence-electron chi connectivity index (χ2n) is 4.72. The molecule has 3 rings (SSSR count). The van der Waals surface area contributed by atoms with Crippen LogP contribution in [0.3, 0.4) is 0 Å². The van der Waals surface area contributed by atoms with Crippen molar-refractivity contribution >= 4 is 20.9 Å². The molecule has 5 nitrogen and oxygen atoms in total. The first-order valence-corrected chi connectivity index (χ1v) is 7.95. The van der Waals surface area contributed by atoms with Crippen LogP contribution in [0, 0.1) is 6.92 Å². The fourth-order valence-corrected chi connectivity index (χ4v) is 2.61. The molecule has 0 amide bonds. The van der Waals surface area contributed by atoms with Crippen molar-refractivity contribution in [3.8, 4) is 11.4 Å². The van der Waals surface area contributed by atoms with Crippen molar-refractivity contribution in [2.75, 3.05) is 6.26 Å². The second kappa shape index (κ2) is 4.42. The quantitative estimate of drug-likeness (QED) is 0.785. The molecule has 2 aromatic heterocycles. The molecule has 20 heavy (non-hydrogen) atoms. The minimum Gasteiger partial charge on any atom is -0.338 e. The number of hydrogen-bond donors (Lipinski definition) is 1. The van der Waals surface area contributed by atoms with Gasteiger partial charge in [-0.1, -0.05) is 0 Å². The van der Waals surface area contributed by atoms with Crippen LogP contribution >= 0.6 is 0 Å². The van der Waals surface area contributed by atoms with E-state index in [1.807, 2.05) is 19.1 Å². The Kier molecular flexibility index (Phi) is 2.83. The molecule has 0 saturated heterocycles. The summed E-state index contributed by atoms with van der Waals surface area (Å²) in [5.41, 5.74) is 3.23. The number of nitrogens with one attached hydrogen (secondary N) is 1. The van der Waals surface area contributed by atoms with E-state index >= 15 is 0 Å². The predicted molar refractivity (Wildman–Crippen MR) is 77.2 cm³/mol. The third-order valence-electron chi connectivity index (χ3n) is 3.07. The smallest absolute Gasteiger partial charge is 0.175 e. The maximum Gasteiger partial charge on any atom is 0.175 e. The van der Waals surface area contributed by atoms with Crippen LogP contribution in [0.25, 0.3) is 22.4 Å². The number of pyridine rings is 1. The van der Waals surface area contributed by atoms with Gasteiger partial charge >= 0.3 is 0 Å². The summed E-state index contributed by atoms with van der Waals surface area (Å²) < 4.78 is 23.1. The van der Waals surface area contributed by atoms with Crippen LogP contribution < -0.4 is 0 Å². The molecule has 0 aliphatic carbocycles. The third-order valence-corrected chi connectivity index (χ3v) is 4.18. The van der Waals surface area contributed by atoms with Gasteiger partial charge in [0.25, 0.3) is 0 Å². The summed E-state index contributed by atoms with van der Waals surface area (Å²) in [6.07, 6.45) is 2.93. The third kappa shape index (κ3) is 2.30. The summed E-state index contributed by atoms with van der Waals surface area (Å²) in [6, 6.07) is 8.70. The van der Waals surface area contributed by atoms with Gasteiger partial charge in [0.15, 0.2) is 9.84 Å². The van der Waals surface area contributed by atoms with Crippen molar-refractivity contribution in [1.29, 1.82) is 0 Å². The van der Waals surface area contributed by atoms with Crippen molar-refractivity contribution in [3.63, 3.8) is 0 Å². The molecule has 1 N–H and O–H groups in total. The number of nitrogens with zero attached hydrogens (tertiary/aromatic N) is 2. The van der Waals surface area contributed by atoms with Crippen molar-refractivity contribution in [2.45, 2.75) is 11.8 Å². The number of hydrogen-bond acceptors (Lipinski definition) is 4. The summed E-state index contributed by atoms with van der Waals surface area (Å²) in [5, 5.41) is 0. The highest BCUT2D eigenvalue weighted by Crippen LogP contribution is 2.22. The lowest BCUT2D eigenvalue weighted by Crippen LogP contribution is -1.96. The van der Waals surface area contributed by atoms with Gasteiger partial charge in [-0.2, -0.15) is 0 Å². The van der Waals surface area contributed by atoms with Crippen LogP contribution in [0.15, 0.2) is 41.4 Å². The first-order chi connectivity index (χ1) is 9.43. The summed E-state index contributed by atoms with van der Waals surface area (Å²) in [7, 11) is -3.22. The predicted octanol–water partition coefficient (Wildman–Crippen LogP) is 2.34. The number of aromatic amines is 1. The minimum atomic E-state index is -3.22. The molecule has 102 valence electrons. The fourth-order valence-electron chi connectivity index (χ4n) is 1.96. The van der Waals surface area contributed by atoms with Crippen LogP contribution in [-0.4, -0.2) is 29.6 Å². The van der Waals surface area contributed by atoms with E-state index in [2.05, 4.69) is 15.0 Å². The van der Waals surface area contributed by atoms with Gasteiger partial charge in [-0.05, 0) is 37.3 Å². The molecule has 0 bridgehead atoms. The zero-order valence-electron chi connectivity index (χ0n) is 11.1. The summed E-state index contributed by atoms with van der Waals surface area (Å²) in [6.45, 7) is 1.92. The molecule has 0 aliphatic heterocycles. The van der Waals surface area contributed by atoms with Crippen molar-refractivity contribution in [2.24, 2.45) is 0 Å². The molecule has 0 atom stereocenters. The first kappa shape index (κ1) is 12.8. The number of sulfone groups is 1. The Balaban J connectivity index is 2.13. The average molecular weight is 287 g/mol. The minimum absolute atomic E-state index is 0.280. The number of H-pyrrole nitrogens is 1. The average Bonchev–Trinajstić information content (AvgIpc) is 2.81. The van der Waals surface area contributed by atoms with Gasteiger partial charge in [0, 0.05) is 23.7 Å². The molecule has 1 aromatic carbocycles. The molecule has 0 spiro atoms. The van der Waals surface area contributed by atoms with E-state index in [0.717, 1.165) is 16.8 Å². The van der Waals surface area contributed by atoms with Crippen LogP contribution in [-0.2, 0) is 9.84 Å². The van der Waals surface area contributed by atoms with Crippen molar-refractivity contribution in [3.05, 3.63) is 42.2 Å². The number of rotatable bonds is 2. The van der Waals surface area contributed by atoms with Crippen LogP contribution in [0.1, 0.15) is 5.69 Å². The van der Waals surface area contributed by atoms with Gasteiger partial charge in [0.05, 0.1) is 15.9 Å². The fraction of sp³-hybridized carbons (Fsp3) is 0.143. The number of imidazole rings is 1. The van der Waals surface area contributed by atoms with E-state index in [0.29, 0.717) is 11.3 Å². The highest BCUT2D eigenvalue weighted by atomic mass is 32.2. The molecular weight excluding hydrogens is 274 g/mol. The lowest BCUT2D eigenvalue weighted by molar-refractivity contribution is 0.602. The Labute approximate surface area is 116 Å². The van der Waals surface area contributed by atoms with E-state index in [-0.39, 0.29) is 4.90 Å².